The Kier molecular flexibility index (Phi) is 8.15. The van der Waals surface area contributed by atoms with Gasteiger partial charge >= 0.3 is 11.9 Å². The van der Waals surface area contributed by atoms with Crippen LogP contribution in [-0.4, -0.2) is 42.9 Å². The van der Waals surface area contributed by atoms with Crippen molar-refractivity contribution < 1.29 is 23.9 Å². The maximum atomic E-state index is 12.8. The molecule has 6 heteroatoms. The van der Waals surface area contributed by atoms with Crippen molar-refractivity contribution in [1.82, 2.24) is 4.90 Å². The lowest BCUT2D eigenvalue weighted by Gasteiger charge is -2.25. The summed E-state index contributed by atoms with van der Waals surface area (Å²) in [6.45, 7) is 4.81. The summed E-state index contributed by atoms with van der Waals surface area (Å²) >= 11 is 0. The second kappa shape index (κ2) is 10.8. The van der Waals surface area contributed by atoms with Gasteiger partial charge in [-0.15, -0.1) is 0 Å². The summed E-state index contributed by atoms with van der Waals surface area (Å²) in [5.41, 5.74) is 1.75. The molecule has 0 radical (unpaired) electrons. The standard InChI is InChI=1S/C23H25NO5/c1-4-24(5-2)22(26)21(18-9-7-6-8-10-18)29-20(25)16-13-17-11-14-19(15-12-17)23(27)28-3/h6-16,21H,4-5H2,1-3H3/b16-13+/t21-/m1/s1. The first-order valence-electron chi connectivity index (χ1n) is 9.40. The van der Waals surface area contributed by atoms with Crippen LogP contribution in [0.4, 0.5) is 0 Å². The van der Waals surface area contributed by atoms with E-state index < -0.39 is 18.0 Å². The molecule has 2 aromatic rings. The number of hydrogen-bond acceptors (Lipinski definition) is 5. The van der Waals surface area contributed by atoms with Crippen LogP contribution in [0.1, 0.15) is 41.4 Å². The topological polar surface area (TPSA) is 72.9 Å². The fourth-order valence-electron chi connectivity index (χ4n) is 2.76. The highest BCUT2D eigenvalue weighted by molar-refractivity contribution is 5.92. The average Bonchev–Trinajstić information content (AvgIpc) is 2.77. The van der Waals surface area contributed by atoms with Crippen molar-refractivity contribution in [3.8, 4) is 0 Å². The molecule has 0 spiro atoms. The van der Waals surface area contributed by atoms with E-state index in [0.717, 1.165) is 0 Å². The van der Waals surface area contributed by atoms with Gasteiger partial charge in [0.1, 0.15) is 0 Å². The first-order valence-corrected chi connectivity index (χ1v) is 9.40. The molecule has 152 valence electrons. The number of esters is 2. The summed E-state index contributed by atoms with van der Waals surface area (Å²) in [6.07, 6.45) is 1.82. The Hall–Kier alpha value is -3.41. The Morgan fingerprint density at radius 1 is 0.966 bits per heavy atom. The van der Waals surface area contributed by atoms with E-state index in [0.29, 0.717) is 29.8 Å². The van der Waals surface area contributed by atoms with Crippen molar-refractivity contribution in [2.75, 3.05) is 20.2 Å². The zero-order chi connectivity index (χ0) is 21.2. The molecule has 0 saturated carbocycles. The fourth-order valence-corrected chi connectivity index (χ4v) is 2.76. The van der Waals surface area contributed by atoms with Crippen LogP contribution in [0.25, 0.3) is 6.08 Å². The van der Waals surface area contributed by atoms with Gasteiger partial charge in [-0.2, -0.15) is 0 Å². The van der Waals surface area contributed by atoms with Crippen molar-refractivity contribution >= 4 is 23.9 Å². The lowest BCUT2D eigenvalue weighted by molar-refractivity contribution is -0.157. The zero-order valence-electron chi connectivity index (χ0n) is 16.8. The van der Waals surface area contributed by atoms with Gasteiger partial charge in [-0.05, 0) is 37.6 Å². The lowest BCUT2D eigenvalue weighted by atomic mass is 10.1. The highest BCUT2D eigenvalue weighted by Crippen LogP contribution is 2.21. The van der Waals surface area contributed by atoms with Crippen molar-refractivity contribution in [1.29, 1.82) is 0 Å². The largest absolute Gasteiger partial charge is 0.465 e. The molecule has 2 rings (SSSR count). The summed E-state index contributed by atoms with van der Waals surface area (Å²) in [7, 11) is 1.31. The number of ether oxygens (including phenoxy) is 2. The van der Waals surface area contributed by atoms with Gasteiger partial charge < -0.3 is 14.4 Å². The Morgan fingerprint density at radius 2 is 1.59 bits per heavy atom. The van der Waals surface area contributed by atoms with E-state index in [4.69, 9.17) is 4.74 Å². The van der Waals surface area contributed by atoms with E-state index in [9.17, 15) is 14.4 Å². The van der Waals surface area contributed by atoms with Gasteiger partial charge in [0.2, 0.25) is 6.10 Å². The van der Waals surface area contributed by atoms with Gasteiger partial charge in [0.15, 0.2) is 0 Å². The summed E-state index contributed by atoms with van der Waals surface area (Å²) in [5.74, 6) is -1.32. The van der Waals surface area contributed by atoms with Crippen LogP contribution < -0.4 is 0 Å². The van der Waals surface area contributed by atoms with E-state index in [-0.39, 0.29) is 5.91 Å². The van der Waals surface area contributed by atoms with E-state index in [1.807, 2.05) is 19.9 Å². The van der Waals surface area contributed by atoms with E-state index >= 15 is 0 Å². The molecule has 6 nitrogen and oxygen atoms in total. The molecular formula is C23H25NO5. The van der Waals surface area contributed by atoms with Gasteiger partial charge in [-0.1, -0.05) is 42.5 Å². The maximum Gasteiger partial charge on any atom is 0.337 e. The summed E-state index contributed by atoms with van der Waals surface area (Å²) in [4.78, 5) is 38.3. The third-order valence-corrected chi connectivity index (χ3v) is 4.38. The lowest BCUT2D eigenvalue weighted by Crippen LogP contribution is -2.36. The third kappa shape index (κ3) is 6.04. The Labute approximate surface area is 170 Å². The molecular weight excluding hydrogens is 370 g/mol. The number of methoxy groups -OCH3 is 1. The smallest absolute Gasteiger partial charge is 0.337 e. The monoisotopic (exact) mass is 395 g/mol. The first kappa shape index (κ1) is 21.9. The second-order valence-electron chi connectivity index (χ2n) is 6.19. The maximum absolute atomic E-state index is 12.8. The van der Waals surface area contributed by atoms with E-state index in [1.54, 1.807) is 59.5 Å². The Bertz CT molecular complexity index is 855. The number of nitrogens with zero attached hydrogens (tertiary/aromatic N) is 1. The normalized spacial score (nSPS) is 11.7. The number of benzene rings is 2. The van der Waals surface area contributed by atoms with Crippen molar-refractivity contribution in [3.63, 3.8) is 0 Å². The number of hydrogen-bond donors (Lipinski definition) is 0. The molecule has 0 N–H and O–H groups in total. The van der Waals surface area contributed by atoms with E-state index in [1.165, 1.54) is 13.2 Å². The van der Waals surface area contributed by atoms with E-state index in [2.05, 4.69) is 4.74 Å². The minimum atomic E-state index is -1.00. The minimum absolute atomic E-state index is 0.259. The average molecular weight is 395 g/mol. The predicted molar refractivity (Wildman–Crippen MR) is 110 cm³/mol. The van der Waals surface area contributed by atoms with Crippen molar-refractivity contribution in [3.05, 3.63) is 77.4 Å². The molecule has 2 aromatic carbocycles. The fraction of sp³-hybridized carbons (Fsp3) is 0.261. The Morgan fingerprint density at radius 3 is 2.14 bits per heavy atom. The highest BCUT2D eigenvalue weighted by atomic mass is 16.5. The highest BCUT2D eigenvalue weighted by Gasteiger charge is 2.27. The van der Waals surface area contributed by atoms with Gasteiger partial charge in [0.25, 0.3) is 5.91 Å². The summed E-state index contributed by atoms with van der Waals surface area (Å²) < 4.78 is 10.1. The van der Waals surface area contributed by atoms with Gasteiger partial charge in [0, 0.05) is 24.7 Å². The molecule has 0 fully saturated rings. The number of carbonyl (C=O) groups is 3. The quantitative estimate of drug-likeness (QED) is 0.504. The molecule has 1 atom stereocenters. The number of likely N-dealkylation sites (N-methyl/N-ethyl adjacent to an activating group) is 1. The molecule has 1 amide bonds. The first-order chi connectivity index (χ1) is 14.0. The van der Waals surface area contributed by atoms with Crippen LogP contribution in [0.3, 0.4) is 0 Å². The van der Waals surface area contributed by atoms with Crippen LogP contribution in [-0.2, 0) is 19.1 Å². The molecule has 0 aromatic heterocycles. The van der Waals surface area contributed by atoms with Crippen LogP contribution in [0.5, 0.6) is 0 Å². The van der Waals surface area contributed by atoms with Gasteiger partial charge in [-0.3, -0.25) is 4.79 Å². The Balaban J connectivity index is 2.14. The minimum Gasteiger partial charge on any atom is -0.465 e. The van der Waals surface area contributed by atoms with Crippen molar-refractivity contribution in [2.45, 2.75) is 20.0 Å². The third-order valence-electron chi connectivity index (χ3n) is 4.38. The van der Waals surface area contributed by atoms with Crippen LogP contribution >= 0.6 is 0 Å². The molecule has 0 aliphatic rings. The number of amides is 1. The van der Waals surface area contributed by atoms with Crippen molar-refractivity contribution in [2.24, 2.45) is 0 Å². The van der Waals surface area contributed by atoms with Crippen LogP contribution in [0, 0.1) is 0 Å². The molecule has 0 aliphatic heterocycles. The summed E-state index contributed by atoms with van der Waals surface area (Å²) in [5, 5.41) is 0. The van der Waals surface area contributed by atoms with Crippen LogP contribution in [0.2, 0.25) is 0 Å². The molecule has 29 heavy (non-hydrogen) atoms. The zero-order valence-corrected chi connectivity index (χ0v) is 16.8. The second-order valence-corrected chi connectivity index (χ2v) is 6.19. The molecule has 0 saturated heterocycles. The molecule has 0 heterocycles. The molecule has 0 unspecified atom stereocenters. The van der Waals surface area contributed by atoms with Crippen LogP contribution in [0.15, 0.2) is 60.7 Å². The molecule has 0 aliphatic carbocycles. The SMILES string of the molecule is CCN(CC)C(=O)[C@H](OC(=O)/C=C/c1ccc(C(=O)OC)cc1)c1ccccc1. The molecule has 0 bridgehead atoms. The summed E-state index contributed by atoms with van der Waals surface area (Å²) in [6, 6.07) is 15.5. The number of carbonyl (C=O) groups excluding carboxylic acids is 3. The number of rotatable bonds is 8. The predicted octanol–water partition coefficient (Wildman–Crippen LogP) is 3.64. The van der Waals surface area contributed by atoms with Gasteiger partial charge in [-0.25, -0.2) is 9.59 Å². The van der Waals surface area contributed by atoms with Gasteiger partial charge in [0.05, 0.1) is 12.7 Å².